The molecule has 4 aromatic rings. The zero-order valence-corrected chi connectivity index (χ0v) is 22.3. The molecule has 4 nitrogen and oxygen atoms in total. The fourth-order valence-electron chi connectivity index (χ4n) is 4.98. The van der Waals surface area contributed by atoms with Gasteiger partial charge in [-0.15, -0.1) is 0 Å². The first-order chi connectivity index (χ1) is 16.0. The third kappa shape index (κ3) is 3.79. The van der Waals surface area contributed by atoms with Crippen molar-refractivity contribution in [1.29, 1.82) is 0 Å². The Morgan fingerprint density at radius 1 is 1.06 bits per heavy atom. The maximum absolute atomic E-state index is 14.3. The smallest absolute Gasteiger partial charge is 0.176 e. The third-order valence-corrected chi connectivity index (χ3v) is 8.33. The zero-order valence-electron chi connectivity index (χ0n) is 19.4. The number of rotatable bonds is 3. The van der Waals surface area contributed by atoms with Crippen LogP contribution in [0.25, 0.3) is 22.2 Å². The molecule has 0 saturated heterocycles. The fourth-order valence-corrected chi connectivity index (χ4v) is 6.34. The van der Waals surface area contributed by atoms with Gasteiger partial charge in [0, 0.05) is 44.5 Å². The molecule has 174 valence electrons. The van der Waals surface area contributed by atoms with Crippen molar-refractivity contribution in [3.63, 3.8) is 0 Å². The second-order valence-electron chi connectivity index (χ2n) is 9.50. The maximum atomic E-state index is 14.3. The summed E-state index contributed by atoms with van der Waals surface area (Å²) < 4.78 is 40.6. The van der Waals surface area contributed by atoms with Gasteiger partial charge in [-0.3, -0.25) is 0 Å². The molecule has 3 aromatic carbocycles. The Morgan fingerprint density at radius 2 is 1.79 bits per heavy atom. The quantitative estimate of drug-likeness (QED) is 0.248. The zero-order chi connectivity index (χ0) is 24.4. The molecule has 0 saturated carbocycles. The summed E-state index contributed by atoms with van der Waals surface area (Å²) in [7, 11) is -3.49. The molecule has 0 bridgehead atoms. The van der Waals surface area contributed by atoms with E-state index in [-0.39, 0.29) is 16.1 Å². The van der Waals surface area contributed by atoms with Crippen LogP contribution in [0.15, 0.2) is 65.6 Å². The normalized spacial score (nSPS) is 15.1. The molecule has 0 spiro atoms. The van der Waals surface area contributed by atoms with Gasteiger partial charge in [0.05, 0.1) is 21.8 Å². The average Bonchev–Trinajstić information content (AvgIpc) is 3.02. The van der Waals surface area contributed by atoms with Gasteiger partial charge in [0.2, 0.25) is 0 Å². The molecular formula is C27H24FIN2O2S. The molecule has 34 heavy (non-hydrogen) atoms. The van der Waals surface area contributed by atoms with Crippen LogP contribution in [0.5, 0.6) is 0 Å². The summed E-state index contributed by atoms with van der Waals surface area (Å²) in [5, 5.41) is 0.835. The summed E-state index contributed by atoms with van der Waals surface area (Å²) in [5.41, 5.74) is 5.62. The maximum Gasteiger partial charge on any atom is 0.176 e. The summed E-state index contributed by atoms with van der Waals surface area (Å²) in [6, 6.07) is 18.0. The number of aromatic nitrogens is 1. The van der Waals surface area contributed by atoms with Crippen LogP contribution >= 0.6 is 22.6 Å². The Morgan fingerprint density at radius 3 is 2.53 bits per heavy atom. The number of hydrogen-bond acceptors (Lipinski definition) is 4. The van der Waals surface area contributed by atoms with Crippen molar-refractivity contribution in [1.82, 2.24) is 4.98 Å². The molecule has 0 aliphatic carbocycles. The first kappa shape index (κ1) is 23.2. The van der Waals surface area contributed by atoms with E-state index in [1.165, 1.54) is 24.0 Å². The Labute approximate surface area is 212 Å². The van der Waals surface area contributed by atoms with E-state index in [9.17, 15) is 12.8 Å². The number of fused-ring (bicyclic) bond motifs is 2. The first-order valence-electron chi connectivity index (χ1n) is 10.9. The number of halogens is 2. The minimum absolute atomic E-state index is 0.0907. The van der Waals surface area contributed by atoms with E-state index in [2.05, 4.69) is 59.5 Å². The van der Waals surface area contributed by atoms with Gasteiger partial charge in [-0.05, 0) is 71.0 Å². The highest BCUT2D eigenvalue weighted by atomic mass is 127. The molecule has 0 N–H and O–H groups in total. The SMILES string of the molecule is Cc1c(-c2ccccc2S(C)(=O)=O)nc2cc(F)ccc2c1N1CC(C)(C)c2ccc(I)cc21. The standard InChI is InChI=1S/C27H24FIN2O2S/c1-16-25(20-7-5-6-8-24(20)34(4,32)33)30-22-13-17(28)9-11-19(22)26(16)31-15-27(2,3)21-12-10-18(29)14-23(21)31/h5-14H,15H2,1-4H3. The largest absolute Gasteiger partial charge is 0.339 e. The molecule has 1 aliphatic heterocycles. The van der Waals surface area contributed by atoms with Gasteiger partial charge < -0.3 is 4.90 Å². The molecule has 5 rings (SSSR count). The predicted molar refractivity (Wildman–Crippen MR) is 144 cm³/mol. The molecule has 0 unspecified atom stereocenters. The van der Waals surface area contributed by atoms with E-state index in [1.807, 2.05) is 6.92 Å². The van der Waals surface area contributed by atoms with Crippen LogP contribution < -0.4 is 4.90 Å². The molecule has 0 radical (unpaired) electrons. The van der Waals surface area contributed by atoms with E-state index >= 15 is 0 Å². The number of pyridine rings is 1. The van der Waals surface area contributed by atoms with Crippen LogP contribution in [0.4, 0.5) is 15.8 Å². The van der Waals surface area contributed by atoms with Crippen molar-refractivity contribution in [3.05, 3.63) is 81.2 Å². The van der Waals surface area contributed by atoms with Crippen molar-refractivity contribution in [2.75, 3.05) is 17.7 Å². The van der Waals surface area contributed by atoms with Crippen LogP contribution in [0.1, 0.15) is 25.0 Å². The summed E-state index contributed by atoms with van der Waals surface area (Å²) >= 11 is 2.32. The van der Waals surface area contributed by atoms with Gasteiger partial charge in [-0.1, -0.05) is 38.1 Å². The topological polar surface area (TPSA) is 50.3 Å². The predicted octanol–water partition coefficient (Wildman–Crippen LogP) is 6.79. The Balaban J connectivity index is 1.87. The van der Waals surface area contributed by atoms with E-state index in [0.717, 1.165) is 32.4 Å². The lowest BCUT2D eigenvalue weighted by Crippen LogP contribution is -2.26. The third-order valence-electron chi connectivity index (χ3n) is 6.50. The van der Waals surface area contributed by atoms with Gasteiger partial charge >= 0.3 is 0 Å². The van der Waals surface area contributed by atoms with Crippen LogP contribution in [0.3, 0.4) is 0 Å². The van der Waals surface area contributed by atoms with Crippen LogP contribution in [-0.4, -0.2) is 26.2 Å². The second kappa shape index (κ2) is 8.02. The number of hydrogen-bond donors (Lipinski definition) is 0. The molecule has 2 heterocycles. The lowest BCUT2D eigenvalue weighted by atomic mass is 9.87. The molecule has 1 aromatic heterocycles. The summed E-state index contributed by atoms with van der Waals surface area (Å²) in [5.74, 6) is -0.381. The Hall–Kier alpha value is -2.52. The molecule has 0 amide bonds. The van der Waals surface area contributed by atoms with E-state index in [0.29, 0.717) is 16.8 Å². The molecule has 1 aliphatic rings. The van der Waals surface area contributed by atoms with Gasteiger partial charge in [0.15, 0.2) is 9.84 Å². The van der Waals surface area contributed by atoms with Gasteiger partial charge in [0.25, 0.3) is 0 Å². The molecular weight excluding hydrogens is 562 g/mol. The average molecular weight is 586 g/mol. The first-order valence-corrected chi connectivity index (χ1v) is 13.9. The summed E-state index contributed by atoms with van der Waals surface area (Å²) in [6.07, 6.45) is 1.20. The van der Waals surface area contributed by atoms with E-state index in [4.69, 9.17) is 4.98 Å². The van der Waals surface area contributed by atoms with Gasteiger partial charge in [-0.2, -0.15) is 0 Å². The van der Waals surface area contributed by atoms with Crippen molar-refractivity contribution in [3.8, 4) is 11.3 Å². The Kier molecular flexibility index (Phi) is 5.48. The number of sulfone groups is 1. The monoisotopic (exact) mass is 586 g/mol. The van der Waals surface area contributed by atoms with Crippen LogP contribution in [0, 0.1) is 16.3 Å². The van der Waals surface area contributed by atoms with Gasteiger partial charge in [-0.25, -0.2) is 17.8 Å². The number of benzene rings is 3. The molecule has 0 fully saturated rings. The number of nitrogens with zero attached hydrogens (tertiary/aromatic N) is 2. The van der Waals surface area contributed by atoms with Gasteiger partial charge in [0.1, 0.15) is 5.82 Å². The minimum atomic E-state index is -3.49. The number of anilines is 2. The van der Waals surface area contributed by atoms with Crippen LogP contribution in [0.2, 0.25) is 0 Å². The van der Waals surface area contributed by atoms with Crippen molar-refractivity contribution < 1.29 is 12.8 Å². The Bertz CT molecular complexity index is 1580. The second-order valence-corrected chi connectivity index (χ2v) is 12.7. The van der Waals surface area contributed by atoms with E-state index < -0.39 is 9.84 Å². The highest BCUT2D eigenvalue weighted by molar-refractivity contribution is 14.1. The minimum Gasteiger partial charge on any atom is -0.339 e. The van der Waals surface area contributed by atoms with Crippen molar-refractivity contribution >= 4 is 54.7 Å². The highest BCUT2D eigenvalue weighted by Gasteiger charge is 2.37. The van der Waals surface area contributed by atoms with Crippen molar-refractivity contribution in [2.45, 2.75) is 31.1 Å². The highest BCUT2D eigenvalue weighted by Crippen LogP contribution is 2.49. The van der Waals surface area contributed by atoms with Crippen LogP contribution in [-0.2, 0) is 15.3 Å². The summed E-state index contributed by atoms with van der Waals surface area (Å²) in [4.78, 5) is 7.28. The molecule has 7 heteroatoms. The molecule has 0 atom stereocenters. The summed E-state index contributed by atoms with van der Waals surface area (Å²) in [6.45, 7) is 7.15. The fraction of sp³-hybridized carbons (Fsp3) is 0.222. The lowest BCUT2D eigenvalue weighted by molar-refractivity contribution is 0.569. The van der Waals surface area contributed by atoms with E-state index in [1.54, 1.807) is 30.3 Å². The lowest BCUT2D eigenvalue weighted by Gasteiger charge is -2.27. The van der Waals surface area contributed by atoms with Crippen molar-refractivity contribution in [2.24, 2.45) is 0 Å².